The largest absolute Gasteiger partial charge is 0.573 e. The number of hydrogen-bond acceptors (Lipinski definition) is 2. The van der Waals surface area contributed by atoms with Gasteiger partial charge in [0.15, 0.2) is 0 Å². The molecule has 1 rings (SSSR count). The molecule has 0 saturated carbocycles. The van der Waals surface area contributed by atoms with Crippen molar-refractivity contribution in [1.82, 2.24) is 0 Å². The second-order valence-corrected chi connectivity index (χ2v) is 2.63. The fourth-order valence-corrected chi connectivity index (χ4v) is 1.06. The molecule has 0 aromatic heterocycles. The van der Waals surface area contributed by atoms with Crippen LogP contribution in [0.5, 0.6) is 5.75 Å². The lowest BCUT2D eigenvalue weighted by Crippen LogP contribution is -2.18. The minimum Gasteiger partial charge on any atom is -0.406 e. The number of rotatable bonds is 3. The maximum atomic E-state index is 11.9. The van der Waals surface area contributed by atoms with Crippen molar-refractivity contribution in [3.05, 3.63) is 29.8 Å². The van der Waals surface area contributed by atoms with Crippen molar-refractivity contribution in [3.63, 3.8) is 0 Å². The molecule has 0 spiro atoms. The average molecular weight is 206 g/mol. The van der Waals surface area contributed by atoms with Gasteiger partial charge in [-0.3, -0.25) is 0 Å². The second kappa shape index (κ2) is 4.32. The average Bonchev–Trinajstić information content (AvgIpc) is 2.06. The fourth-order valence-electron chi connectivity index (χ4n) is 1.06. The lowest BCUT2D eigenvalue weighted by Gasteiger charge is -2.12. The van der Waals surface area contributed by atoms with Gasteiger partial charge in [0, 0.05) is 6.61 Å². The van der Waals surface area contributed by atoms with Gasteiger partial charge in [0.2, 0.25) is 0 Å². The standard InChI is InChI=1S/C9H9F3O2/c10-9(11,12)14-8-4-2-1-3-7(8)5-6-13/h1-4,13H,5-6H2. The molecule has 0 aliphatic rings. The van der Waals surface area contributed by atoms with E-state index in [9.17, 15) is 13.2 Å². The Kier molecular flexibility index (Phi) is 3.35. The molecule has 1 N–H and O–H groups in total. The minimum absolute atomic E-state index is 0.145. The summed E-state index contributed by atoms with van der Waals surface area (Å²) in [5.74, 6) is -0.256. The number of benzene rings is 1. The maximum absolute atomic E-state index is 11.9. The summed E-state index contributed by atoms with van der Waals surface area (Å²) >= 11 is 0. The predicted molar refractivity (Wildman–Crippen MR) is 43.9 cm³/mol. The first-order valence-corrected chi connectivity index (χ1v) is 3.97. The first-order chi connectivity index (χ1) is 6.53. The molecule has 0 saturated heterocycles. The van der Waals surface area contributed by atoms with E-state index >= 15 is 0 Å². The van der Waals surface area contributed by atoms with Crippen LogP contribution in [0, 0.1) is 0 Å². The van der Waals surface area contributed by atoms with E-state index in [2.05, 4.69) is 4.74 Å². The molecule has 0 radical (unpaired) electrons. The van der Waals surface area contributed by atoms with Crippen molar-refractivity contribution in [2.24, 2.45) is 0 Å². The van der Waals surface area contributed by atoms with Gasteiger partial charge in [-0.25, -0.2) is 0 Å². The zero-order valence-corrected chi connectivity index (χ0v) is 7.21. The summed E-state index contributed by atoms with van der Waals surface area (Å²) in [5, 5.41) is 8.61. The van der Waals surface area contributed by atoms with Crippen LogP contribution >= 0.6 is 0 Å². The number of aliphatic hydroxyl groups excluding tert-OH is 1. The molecule has 0 bridgehead atoms. The van der Waals surface area contributed by atoms with Crippen molar-refractivity contribution in [2.75, 3.05) is 6.61 Å². The molecule has 0 aliphatic heterocycles. The van der Waals surface area contributed by atoms with Gasteiger partial charge >= 0.3 is 6.36 Å². The third-order valence-electron chi connectivity index (χ3n) is 1.58. The van der Waals surface area contributed by atoms with Gasteiger partial charge in [-0.15, -0.1) is 13.2 Å². The number of aliphatic hydroxyl groups is 1. The Morgan fingerprint density at radius 3 is 2.43 bits per heavy atom. The molecular formula is C9H9F3O2. The Labute approximate surface area is 78.9 Å². The van der Waals surface area contributed by atoms with Gasteiger partial charge in [-0.05, 0) is 18.1 Å². The Hall–Kier alpha value is -1.23. The van der Waals surface area contributed by atoms with Gasteiger partial charge < -0.3 is 9.84 Å². The van der Waals surface area contributed by atoms with Crippen molar-refractivity contribution < 1.29 is 23.0 Å². The third kappa shape index (κ3) is 3.26. The Bertz CT molecular complexity index is 296. The van der Waals surface area contributed by atoms with Crippen LogP contribution in [0.2, 0.25) is 0 Å². The van der Waals surface area contributed by atoms with Crippen molar-refractivity contribution in [3.8, 4) is 5.75 Å². The first kappa shape index (κ1) is 10.8. The molecule has 0 atom stereocenters. The van der Waals surface area contributed by atoms with Crippen LogP contribution in [0.4, 0.5) is 13.2 Å². The highest BCUT2D eigenvalue weighted by molar-refractivity contribution is 5.33. The SMILES string of the molecule is OCCc1ccccc1OC(F)(F)F. The Morgan fingerprint density at radius 1 is 1.21 bits per heavy atom. The molecule has 0 fully saturated rings. The highest BCUT2D eigenvalue weighted by Crippen LogP contribution is 2.26. The van der Waals surface area contributed by atoms with E-state index < -0.39 is 6.36 Å². The molecule has 5 heteroatoms. The van der Waals surface area contributed by atoms with E-state index in [0.29, 0.717) is 5.56 Å². The summed E-state index contributed by atoms with van der Waals surface area (Å²) in [5.41, 5.74) is 0.340. The fraction of sp³-hybridized carbons (Fsp3) is 0.333. The highest BCUT2D eigenvalue weighted by Gasteiger charge is 2.31. The Balaban J connectivity index is 2.84. The summed E-state index contributed by atoms with van der Waals surface area (Å²) in [7, 11) is 0. The van der Waals surface area contributed by atoms with Crippen LogP contribution in [0.25, 0.3) is 0 Å². The maximum Gasteiger partial charge on any atom is 0.573 e. The van der Waals surface area contributed by atoms with Gasteiger partial charge in [0.1, 0.15) is 5.75 Å². The topological polar surface area (TPSA) is 29.5 Å². The molecular weight excluding hydrogens is 197 g/mol. The van der Waals surface area contributed by atoms with Gasteiger partial charge in [-0.1, -0.05) is 18.2 Å². The van der Waals surface area contributed by atoms with Gasteiger partial charge in [0.05, 0.1) is 0 Å². The minimum atomic E-state index is -4.69. The zero-order valence-electron chi connectivity index (χ0n) is 7.21. The zero-order chi connectivity index (χ0) is 10.6. The van der Waals surface area contributed by atoms with E-state index in [1.165, 1.54) is 18.2 Å². The van der Waals surface area contributed by atoms with Crippen LogP contribution in [0.1, 0.15) is 5.56 Å². The number of para-hydroxylation sites is 1. The van der Waals surface area contributed by atoms with E-state index in [1.54, 1.807) is 6.07 Å². The smallest absolute Gasteiger partial charge is 0.406 e. The summed E-state index contributed by atoms with van der Waals surface area (Å²) in [4.78, 5) is 0. The Morgan fingerprint density at radius 2 is 1.86 bits per heavy atom. The molecule has 2 nitrogen and oxygen atoms in total. The first-order valence-electron chi connectivity index (χ1n) is 3.97. The molecule has 78 valence electrons. The number of ether oxygens (including phenoxy) is 1. The normalized spacial score (nSPS) is 11.4. The molecule has 1 aromatic rings. The number of halogens is 3. The van der Waals surface area contributed by atoms with Crippen LogP contribution in [0.15, 0.2) is 24.3 Å². The lowest BCUT2D eigenvalue weighted by molar-refractivity contribution is -0.274. The van der Waals surface area contributed by atoms with Crippen molar-refractivity contribution in [1.29, 1.82) is 0 Å². The second-order valence-electron chi connectivity index (χ2n) is 2.63. The summed E-state index contributed by atoms with van der Waals surface area (Å²) < 4.78 is 39.4. The van der Waals surface area contributed by atoms with Crippen molar-refractivity contribution in [2.45, 2.75) is 12.8 Å². The lowest BCUT2D eigenvalue weighted by atomic mass is 10.1. The molecule has 14 heavy (non-hydrogen) atoms. The van der Waals surface area contributed by atoms with E-state index in [1.807, 2.05) is 0 Å². The van der Waals surface area contributed by atoms with Crippen LogP contribution < -0.4 is 4.74 Å². The van der Waals surface area contributed by atoms with Gasteiger partial charge in [-0.2, -0.15) is 0 Å². The summed E-state index contributed by atoms with van der Waals surface area (Å²) in [6.07, 6.45) is -4.54. The third-order valence-corrected chi connectivity index (χ3v) is 1.58. The molecule has 0 unspecified atom stereocenters. The molecule has 0 aliphatic carbocycles. The molecule has 0 amide bonds. The molecule has 1 aromatic carbocycles. The predicted octanol–water partition coefficient (Wildman–Crippen LogP) is 2.12. The summed E-state index contributed by atoms with van der Waals surface area (Å²) in [6, 6.07) is 5.74. The van der Waals surface area contributed by atoms with Gasteiger partial charge in [0.25, 0.3) is 0 Å². The van der Waals surface area contributed by atoms with E-state index in [4.69, 9.17) is 5.11 Å². The quantitative estimate of drug-likeness (QED) is 0.820. The molecule has 0 heterocycles. The highest BCUT2D eigenvalue weighted by atomic mass is 19.4. The number of alkyl halides is 3. The summed E-state index contributed by atoms with van der Waals surface area (Å²) in [6.45, 7) is -0.210. The van der Waals surface area contributed by atoms with E-state index in [0.717, 1.165) is 0 Å². The van der Waals surface area contributed by atoms with Crippen LogP contribution in [0.3, 0.4) is 0 Å². The van der Waals surface area contributed by atoms with E-state index in [-0.39, 0.29) is 18.8 Å². The number of hydrogen-bond donors (Lipinski definition) is 1. The van der Waals surface area contributed by atoms with Crippen LogP contribution in [-0.2, 0) is 6.42 Å². The van der Waals surface area contributed by atoms with Crippen molar-refractivity contribution >= 4 is 0 Å². The van der Waals surface area contributed by atoms with Crippen LogP contribution in [-0.4, -0.2) is 18.1 Å². The monoisotopic (exact) mass is 206 g/mol.